The van der Waals surface area contributed by atoms with Gasteiger partial charge in [0.05, 0.1) is 13.2 Å². The summed E-state index contributed by atoms with van der Waals surface area (Å²) in [5, 5.41) is 0. The fourth-order valence-electron chi connectivity index (χ4n) is 4.58. The first kappa shape index (κ1) is 16.9. The fourth-order valence-corrected chi connectivity index (χ4v) is 4.58. The SMILES string of the molecule is COc1ccc(CN2CC3(CC3)c3cc(C4(F)CC4)ccc3C2C=O)cc1. The van der Waals surface area contributed by atoms with Gasteiger partial charge in [-0.2, -0.15) is 0 Å². The lowest BCUT2D eigenvalue weighted by atomic mass is 9.81. The van der Waals surface area contributed by atoms with E-state index in [1.54, 1.807) is 7.11 Å². The molecule has 0 N–H and O–H groups in total. The molecule has 0 saturated heterocycles. The van der Waals surface area contributed by atoms with E-state index in [-0.39, 0.29) is 11.5 Å². The van der Waals surface area contributed by atoms with Gasteiger partial charge < -0.3 is 9.53 Å². The van der Waals surface area contributed by atoms with E-state index in [1.807, 2.05) is 24.3 Å². The number of rotatable bonds is 5. The Morgan fingerprint density at radius 1 is 1.15 bits per heavy atom. The minimum Gasteiger partial charge on any atom is -0.497 e. The Labute approximate surface area is 159 Å². The zero-order chi connectivity index (χ0) is 18.6. The van der Waals surface area contributed by atoms with E-state index < -0.39 is 5.67 Å². The molecule has 5 rings (SSSR count). The van der Waals surface area contributed by atoms with Gasteiger partial charge in [-0.05, 0) is 60.1 Å². The van der Waals surface area contributed by atoms with E-state index in [0.717, 1.165) is 49.1 Å². The second-order valence-electron chi connectivity index (χ2n) is 8.38. The number of halogens is 1. The summed E-state index contributed by atoms with van der Waals surface area (Å²) >= 11 is 0. The van der Waals surface area contributed by atoms with Gasteiger partial charge in [0.15, 0.2) is 0 Å². The number of fused-ring (bicyclic) bond motifs is 2. The second kappa shape index (κ2) is 5.90. The number of hydrogen-bond donors (Lipinski definition) is 0. The second-order valence-corrected chi connectivity index (χ2v) is 8.38. The third kappa shape index (κ3) is 2.78. The number of alkyl halides is 1. The Morgan fingerprint density at radius 3 is 2.48 bits per heavy atom. The Hall–Kier alpha value is -2.20. The van der Waals surface area contributed by atoms with Crippen LogP contribution in [0.5, 0.6) is 5.75 Å². The third-order valence-electron chi connectivity index (χ3n) is 6.58. The minimum atomic E-state index is -1.12. The van der Waals surface area contributed by atoms with Crippen molar-refractivity contribution in [2.24, 2.45) is 0 Å². The summed E-state index contributed by atoms with van der Waals surface area (Å²) in [6, 6.07) is 13.7. The maximum absolute atomic E-state index is 14.6. The predicted molar refractivity (Wildman–Crippen MR) is 102 cm³/mol. The van der Waals surface area contributed by atoms with Crippen molar-refractivity contribution in [2.45, 2.75) is 49.4 Å². The molecule has 1 unspecified atom stereocenters. The molecule has 2 saturated carbocycles. The molecule has 1 heterocycles. The van der Waals surface area contributed by atoms with Crippen LogP contribution in [0.25, 0.3) is 0 Å². The van der Waals surface area contributed by atoms with Crippen LogP contribution in [0.3, 0.4) is 0 Å². The van der Waals surface area contributed by atoms with Crippen LogP contribution in [0.4, 0.5) is 4.39 Å². The molecule has 3 aliphatic rings. The van der Waals surface area contributed by atoms with Crippen molar-refractivity contribution in [2.75, 3.05) is 13.7 Å². The lowest BCUT2D eigenvalue weighted by Crippen LogP contribution is -2.41. The molecule has 1 atom stereocenters. The molecular weight excluding hydrogens is 341 g/mol. The van der Waals surface area contributed by atoms with Crippen molar-refractivity contribution >= 4 is 6.29 Å². The molecular formula is C23H24FNO2. The number of nitrogens with zero attached hydrogens (tertiary/aromatic N) is 1. The molecule has 1 aliphatic heterocycles. The van der Waals surface area contributed by atoms with Crippen LogP contribution >= 0.6 is 0 Å². The van der Waals surface area contributed by atoms with Crippen LogP contribution in [0, 0.1) is 0 Å². The van der Waals surface area contributed by atoms with E-state index in [2.05, 4.69) is 23.1 Å². The quantitative estimate of drug-likeness (QED) is 0.734. The number of hydrogen-bond acceptors (Lipinski definition) is 3. The van der Waals surface area contributed by atoms with E-state index in [4.69, 9.17) is 4.74 Å². The molecule has 0 aromatic heterocycles. The van der Waals surface area contributed by atoms with Gasteiger partial charge >= 0.3 is 0 Å². The van der Waals surface area contributed by atoms with Gasteiger partial charge in [-0.1, -0.05) is 30.3 Å². The molecule has 0 bridgehead atoms. The van der Waals surface area contributed by atoms with Crippen LogP contribution in [-0.2, 0) is 22.4 Å². The Balaban J connectivity index is 1.48. The third-order valence-corrected chi connectivity index (χ3v) is 6.58. The van der Waals surface area contributed by atoms with Crippen molar-refractivity contribution < 1.29 is 13.9 Å². The smallest absolute Gasteiger partial charge is 0.141 e. The maximum Gasteiger partial charge on any atom is 0.141 e. The Bertz CT molecular complexity index is 884. The summed E-state index contributed by atoms with van der Waals surface area (Å²) in [5.74, 6) is 0.834. The highest BCUT2D eigenvalue weighted by Gasteiger charge is 2.53. The lowest BCUT2D eigenvalue weighted by Gasteiger charge is -2.40. The highest BCUT2D eigenvalue weighted by Crippen LogP contribution is 2.57. The normalized spacial score (nSPS) is 24.3. The van der Waals surface area contributed by atoms with Crippen LogP contribution in [0.1, 0.15) is 54.0 Å². The molecule has 3 nitrogen and oxygen atoms in total. The average molecular weight is 365 g/mol. The van der Waals surface area contributed by atoms with Gasteiger partial charge in [0, 0.05) is 18.5 Å². The summed E-state index contributed by atoms with van der Waals surface area (Å²) in [4.78, 5) is 14.3. The van der Waals surface area contributed by atoms with E-state index in [0.29, 0.717) is 12.8 Å². The van der Waals surface area contributed by atoms with Gasteiger partial charge in [-0.25, -0.2) is 4.39 Å². The Morgan fingerprint density at radius 2 is 1.89 bits per heavy atom. The highest BCUT2D eigenvalue weighted by atomic mass is 19.1. The number of methoxy groups -OCH3 is 1. The Kier molecular flexibility index (Phi) is 3.70. The maximum atomic E-state index is 14.6. The van der Waals surface area contributed by atoms with Gasteiger partial charge in [0.1, 0.15) is 17.7 Å². The summed E-state index contributed by atoms with van der Waals surface area (Å²) in [6.07, 6.45) is 4.53. The molecule has 1 spiro atoms. The first-order valence-corrected chi connectivity index (χ1v) is 9.73. The molecule has 0 amide bonds. The number of carbonyl (C=O) groups excluding carboxylic acids is 1. The van der Waals surface area contributed by atoms with Crippen molar-refractivity contribution in [3.63, 3.8) is 0 Å². The lowest BCUT2D eigenvalue weighted by molar-refractivity contribution is -0.113. The van der Waals surface area contributed by atoms with Crippen LogP contribution in [0.15, 0.2) is 42.5 Å². The predicted octanol–water partition coefficient (Wildman–Crippen LogP) is 4.44. The zero-order valence-corrected chi connectivity index (χ0v) is 15.6. The molecule has 27 heavy (non-hydrogen) atoms. The van der Waals surface area contributed by atoms with E-state index >= 15 is 0 Å². The molecule has 0 radical (unpaired) electrons. The summed E-state index contributed by atoms with van der Waals surface area (Å²) in [5.41, 5.74) is 3.23. The van der Waals surface area contributed by atoms with Crippen molar-refractivity contribution in [3.05, 3.63) is 64.7 Å². The van der Waals surface area contributed by atoms with Gasteiger partial charge in [-0.15, -0.1) is 0 Å². The van der Waals surface area contributed by atoms with E-state index in [1.165, 1.54) is 11.1 Å². The number of ether oxygens (including phenoxy) is 1. The van der Waals surface area contributed by atoms with Gasteiger partial charge in [-0.3, -0.25) is 4.90 Å². The summed E-state index contributed by atoms with van der Waals surface area (Å²) < 4.78 is 19.8. The van der Waals surface area contributed by atoms with Gasteiger partial charge in [0.2, 0.25) is 0 Å². The average Bonchev–Trinajstić information content (AvgIpc) is 3.62. The van der Waals surface area contributed by atoms with Crippen LogP contribution < -0.4 is 4.74 Å². The van der Waals surface area contributed by atoms with Gasteiger partial charge in [0.25, 0.3) is 0 Å². The summed E-state index contributed by atoms with van der Waals surface area (Å²) in [6.45, 7) is 1.58. The largest absolute Gasteiger partial charge is 0.497 e. The molecule has 2 aromatic rings. The standard InChI is InChI=1S/C23H24FNO2/c1-27-18-5-2-16(3-6-18)13-25-15-22(8-9-22)20-12-17(23(24)10-11-23)4-7-19(20)21(25)14-26/h2-7,12,14,21H,8-11,13,15H2,1H3. The van der Waals surface area contributed by atoms with Crippen molar-refractivity contribution in [1.29, 1.82) is 0 Å². The monoisotopic (exact) mass is 365 g/mol. The molecule has 4 heteroatoms. The number of benzene rings is 2. The van der Waals surface area contributed by atoms with Crippen LogP contribution in [0.2, 0.25) is 0 Å². The molecule has 140 valence electrons. The van der Waals surface area contributed by atoms with Crippen LogP contribution in [-0.4, -0.2) is 24.8 Å². The summed E-state index contributed by atoms with van der Waals surface area (Å²) in [7, 11) is 1.66. The van der Waals surface area contributed by atoms with Crippen molar-refractivity contribution in [1.82, 2.24) is 4.90 Å². The molecule has 2 aromatic carbocycles. The van der Waals surface area contributed by atoms with Crippen molar-refractivity contribution in [3.8, 4) is 5.75 Å². The first-order chi connectivity index (χ1) is 13.1. The van der Waals surface area contributed by atoms with E-state index in [9.17, 15) is 9.18 Å². The molecule has 2 fully saturated rings. The number of carbonyl (C=O) groups is 1. The topological polar surface area (TPSA) is 29.5 Å². The first-order valence-electron chi connectivity index (χ1n) is 9.73. The zero-order valence-electron chi connectivity index (χ0n) is 15.6. The molecule has 2 aliphatic carbocycles. The number of aldehydes is 1. The fraction of sp³-hybridized carbons (Fsp3) is 0.435. The minimum absolute atomic E-state index is 0.0998. The highest BCUT2D eigenvalue weighted by molar-refractivity contribution is 5.66.